The molecule has 5 rings (SSSR count). The molecule has 2 N–H and O–H groups in total. The molecule has 3 heterocycles. The number of anilines is 4. The largest absolute Gasteiger partial charge is 0.437 e. The van der Waals surface area contributed by atoms with Crippen molar-refractivity contribution in [3.8, 4) is 11.6 Å². The zero-order valence-corrected chi connectivity index (χ0v) is 20.9. The highest BCUT2D eigenvalue weighted by Gasteiger charge is 2.16. The maximum atomic E-state index is 11.6. The monoisotopic (exact) mass is 500 g/mol. The molecule has 0 radical (unpaired) electrons. The number of carbonyl (C=O) groups is 1. The molecule has 0 bridgehead atoms. The lowest BCUT2D eigenvalue weighted by molar-refractivity contribution is -0.111. The lowest BCUT2D eigenvalue weighted by atomic mass is 10.2. The quantitative estimate of drug-likeness (QED) is 0.309. The van der Waals surface area contributed by atoms with Crippen molar-refractivity contribution < 1.29 is 9.53 Å². The van der Waals surface area contributed by atoms with Crippen molar-refractivity contribution in [2.45, 2.75) is 6.92 Å². The molecular formula is C27H28N6O2S. The summed E-state index contributed by atoms with van der Waals surface area (Å²) in [4.78, 5) is 25.8. The van der Waals surface area contributed by atoms with E-state index in [0.29, 0.717) is 23.3 Å². The fourth-order valence-corrected chi connectivity index (χ4v) is 4.87. The third-order valence-corrected chi connectivity index (χ3v) is 6.97. The number of carbonyl (C=O) groups excluding carboxylic acids is 1. The van der Waals surface area contributed by atoms with Gasteiger partial charge in [-0.25, -0.2) is 4.98 Å². The Balaban J connectivity index is 1.32. The predicted molar refractivity (Wildman–Crippen MR) is 147 cm³/mol. The second-order valence-electron chi connectivity index (χ2n) is 8.40. The summed E-state index contributed by atoms with van der Waals surface area (Å²) in [6.07, 6.45) is 1.23. The molecule has 1 fully saturated rings. The Bertz CT molecular complexity index is 1360. The van der Waals surface area contributed by atoms with Crippen LogP contribution in [0.5, 0.6) is 11.6 Å². The van der Waals surface area contributed by atoms with Crippen molar-refractivity contribution in [1.82, 2.24) is 14.9 Å². The number of piperazine rings is 1. The van der Waals surface area contributed by atoms with Crippen LogP contribution in [0.15, 0.2) is 72.6 Å². The van der Waals surface area contributed by atoms with Crippen LogP contribution in [-0.4, -0.2) is 53.5 Å². The van der Waals surface area contributed by atoms with Gasteiger partial charge in [0.25, 0.3) is 0 Å². The van der Waals surface area contributed by atoms with Crippen molar-refractivity contribution in [2.75, 3.05) is 48.3 Å². The van der Waals surface area contributed by atoms with E-state index in [-0.39, 0.29) is 5.91 Å². The minimum atomic E-state index is -0.282. The molecule has 0 saturated carbocycles. The molecule has 1 aliphatic rings. The molecule has 0 unspecified atom stereocenters. The summed E-state index contributed by atoms with van der Waals surface area (Å²) in [5.74, 6) is 1.19. The fourth-order valence-electron chi connectivity index (χ4n) is 4.11. The molecule has 2 aromatic heterocycles. The minimum absolute atomic E-state index is 0.282. The van der Waals surface area contributed by atoms with E-state index >= 15 is 0 Å². The summed E-state index contributed by atoms with van der Waals surface area (Å²) in [5.41, 5.74) is 3.54. The SMILES string of the molecule is C=CC(=O)Nc1cccc(Oc2nc(Nc3ccc(N4CCN(CC)CC4)cc3)nc3ccsc23)c1. The van der Waals surface area contributed by atoms with Gasteiger partial charge in [-0.3, -0.25) is 4.79 Å². The van der Waals surface area contributed by atoms with Gasteiger partial charge in [0.15, 0.2) is 0 Å². The van der Waals surface area contributed by atoms with Crippen molar-refractivity contribution in [1.29, 1.82) is 0 Å². The summed E-state index contributed by atoms with van der Waals surface area (Å²) in [6.45, 7) is 11.1. The van der Waals surface area contributed by atoms with Gasteiger partial charge in [0.05, 0.1) is 5.52 Å². The van der Waals surface area contributed by atoms with E-state index in [1.807, 2.05) is 23.6 Å². The summed E-state index contributed by atoms with van der Waals surface area (Å²) in [5, 5.41) is 8.02. The lowest BCUT2D eigenvalue weighted by Crippen LogP contribution is -2.46. The van der Waals surface area contributed by atoms with Gasteiger partial charge in [-0.15, -0.1) is 11.3 Å². The maximum Gasteiger partial charge on any atom is 0.247 e. The summed E-state index contributed by atoms with van der Waals surface area (Å²) in [6, 6.07) is 17.5. The Morgan fingerprint density at radius 2 is 1.89 bits per heavy atom. The highest BCUT2D eigenvalue weighted by Crippen LogP contribution is 2.34. The third-order valence-electron chi connectivity index (χ3n) is 6.08. The molecule has 0 atom stereocenters. The van der Waals surface area contributed by atoms with Gasteiger partial charge in [-0.05, 0) is 60.5 Å². The topological polar surface area (TPSA) is 82.6 Å². The number of amides is 1. The highest BCUT2D eigenvalue weighted by molar-refractivity contribution is 7.17. The first kappa shape index (κ1) is 23.8. The Morgan fingerprint density at radius 3 is 2.64 bits per heavy atom. The smallest absolute Gasteiger partial charge is 0.247 e. The number of fused-ring (bicyclic) bond motifs is 1. The Morgan fingerprint density at radius 1 is 1.08 bits per heavy atom. The Kier molecular flexibility index (Phi) is 7.11. The van der Waals surface area contributed by atoms with Gasteiger partial charge in [0, 0.05) is 49.3 Å². The standard InChI is InChI=1S/C27H28N6O2S/c1-3-24(34)28-20-6-5-7-22(18-20)35-26-25-23(12-17-36-25)30-27(31-26)29-19-8-10-21(11-9-19)33-15-13-32(4-2)14-16-33/h3,5-12,17-18H,1,4,13-16H2,2H3,(H,28,34)(H,29,30,31). The predicted octanol–water partition coefficient (Wildman–Crippen LogP) is 5.49. The molecule has 2 aromatic carbocycles. The van der Waals surface area contributed by atoms with Crippen LogP contribution in [0.2, 0.25) is 0 Å². The van der Waals surface area contributed by atoms with E-state index in [1.165, 1.54) is 23.1 Å². The Labute approximate surface area is 214 Å². The van der Waals surface area contributed by atoms with Gasteiger partial charge >= 0.3 is 0 Å². The molecule has 1 saturated heterocycles. The number of ether oxygens (including phenoxy) is 1. The Hall–Kier alpha value is -3.95. The molecule has 1 amide bonds. The number of aromatic nitrogens is 2. The summed E-state index contributed by atoms with van der Waals surface area (Å²) >= 11 is 1.52. The van der Waals surface area contributed by atoms with Crippen LogP contribution in [0, 0.1) is 0 Å². The molecular weight excluding hydrogens is 472 g/mol. The first-order chi connectivity index (χ1) is 17.6. The number of likely N-dealkylation sites (N-methyl/N-ethyl adjacent to an activating group) is 1. The van der Waals surface area contributed by atoms with E-state index in [9.17, 15) is 4.79 Å². The molecule has 36 heavy (non-hydrogen) atoms. The van der Waals surface area contributed by atoms with Gasteiger partial charge < -0.3 is 25.2 Å². The first-order valence-electron chi connectivity index (χ1n) is 11.9. The minimum Gasteiger partial charge on any atom is -0.437 e. The second kappa shape index (κ2) is 10.8. The normalized spacial score (nSPS) is 14.0. The zero-order valence-electron chi connectivity index (χ0n) is 20.1. The van der Waals surface area contributed by atoms with E-state index in [0.717, 1.165) is 48.6 Å². The van der Waals surface area contributed by atoms with Crippen molar-refractivity contribution in [2.24, 2.45) is 0 Å². The number of benzene rings is 2. The number of nitrogens with one attached hydrogen (secondary N) is 2. The third kappa shape index (κ3) is 5.48. The molecule has 184 valence electrons. The van der Waals surface area contributed by atoms with Crippen molar-refractivity contribution in [3.05, 3.63) is 72.6 Å². The first-order valence-corrected chi connectivity index (χ1v) is 12.8. The average Bonchev–Trinajstić information content (AvgIpc) is 3.38. The van der Waals surface area contributed by atoms with Gasteiger partial charge in [0.2, 0.25) is 17.7 Å². The molecule has 9 heteroatoms. The van der Waals surface area contributed by atoms with Crippen LogP contribution in [0.1, 0.15) is 6.92 Å². The number of hydrogen-bond donors (Lipinski definition) is 2. The summed E-state index contributed by atoms with van der Waals surface area (Å²) < 4.78 is 6.98. The maximum absolute atomic E-state index is 11.6. The van der Waals surface area contributed by atoms with Gasteiger partial charge in [0.1, 0.15) is 10.4 Å². The van der Waals surface area contributed by atoms with E-state index in [2.05, 4.69) is 68.2 Å². The molecule has 1 aliphatic heterocycles. The van der Waals surface area contributed by atoms with E-state index in [4.69, 9.17) is 4.74 Å². The summed E-state index contributed by atoms with van der Waals surface area (Å²) in [7, 11) is 0. The highest BCUT2D eigenvalue weighted by atomic mass is 32.1. The molecule has 8 nitrogen and oxygen atoms in total. The number of rotatable bonds is 8. The van der Waals surface area contributed by atoms with Crippen LogP contribution in [0.3, 0.4) is 0 Å². The van der Waals surface area contributed by atoms with Crippen LogP contribution in [0.4, 0.5) is 23.0 Å². The molecule has 0 aliphatic carbocycles. The zero-order chi connectivity index (χ0) is 24.9. The van der Waals surface area contributed by atoms with Crippen molar-refractivity contribution in [3.63, 3.8) is 0 Å². The van der Waals surface area contributed by atoms with Crippen LogP contribution >= 0.6 is 11.3 Å². The van der Waals surface area contributed by atoms with Gasteiger partial charge in [-0.1, -0.05) is 19.6 Å². The average molecular weight is 501 g/mol. The van der Waals surface area contributed by atoms with Crippen LogP contribution in [0.25, 0.3) is 10.2 Å². The molecule has 0 spiro atoms. The van der Waals surface area contributed by atoms with Crippen LogP contribution < -0.4 is 20.3 Å². The molecule has 4 aromatic rings. The van der Waals surface area contributed by atoms with Gasteiger partial charge in [-0.2, -0.15) is 4.98 Å². The number of thiophene rings is 1. The number of nitrogens with zero attached hydrogens (tertiary/aromatic N) is 4. The fraction of sp³-hybridized carbons (Fsp3) is 0.222. The van der Waals surface area contributed by atoms with E-state index < -0.39 is 0 Å². The lowest BCUT2D eigenvalue weighted by Gasteiger charge is -2.35. The van der Waals surface area contributed by atoms with Crippen molar-refractivity contribution >= 4 is 50.5 Å². The van der Waals surface area contributed by atoms with E-state index in [1.54, 1.807) is 12.1 Å². The van der Waals surface area contributed by atoms with Crippen LogP contribution in [-0.2, 0) is 4.79 Å². The second-order valence-corrected chi connectivity index (χ2v) is 9.32. The number of hydrogen-bond acceptors (Lipinski definition) is 8.